The minimum Gasteiger partial charge on any atom is -0.368 e. The first-order valence-corrected chi connectivity index (χ1v) is 5.50. The predicted octanol–water partition coefficient (Wildman–Crippen LogP) is 0.933. The van der Waals surface area contributed by atoms with Crippen molar-refractivity contribution < 1.29 is 4.79 Å². The summed E-state index contributed by atoms with van der Waals surface area (Å²) in [7, 11) is 3.43. The van der Waals surface area contributed by atoms with E-state index in [1.165, 1.54) is 4.90 Å². The summed E-state index contributed by atoms with van der Waals surface area (Å²) in [6, 6.07) is 3.53. The van der Waals surface area contributed by atoms with Crippen molar-refractivity contribution in [3.05, 3.63) is 23.9 Å². The zero-order chi connectivity index (χ0) is 13.1. The molecule has 0 radical (unpaired) electrons. The van der Waals surface area contributed by atoms with E-state index in [4.69, 9.17) is 5.73 Å². The maximum atomic E-state index is 11.6. The second kappa shape index (κ2) is 5.14. The Morgan fingerprint density at radius 1 is 1.47 bits per heavy atom. The molecule has 0 saturated carbocycles. The van der Waals surface area contributed by atoms with Gasteiger partial charge in [-0.05, 0) is 26.0 Å². The van der Waals surface area contributed by atoms with Gasteiger partial charge in [-0.1, -0.05) is 0 Å². The third-order valence-electron chi connectivity index (χ3n) is 2.14. The molecule has 94 valence electrons. The Balaban J connectivity index is 2.66. The van der Waals surface area contributed by atoms with Gasteiger partial charge in [-0.2, -0.15) is 0 Å². The van der Waals surface area contributed by atoms with Crippen LogP contribution in [0.3, 0.4) is 0 Å². The fraction of sp³-hybridized carbons (Fsp3) is 0.500. The van der Waals surface area contributed by atoms with Gasteiger partial charge in [-0.15, -0.1) is 0 Å². The van der Waals surface area contributed by atoms with Gasteiger partial charge in [0.2, 0.25) is 0 Å². The molecule has 0 fully saturated rings. The van der Waals surface area contributed by atoms with Crippen LogP contribution in [-0.4, -0.2) is 42.0 Å². The van der Waals surface area contributed by atoms with Crippen molar-refractivity contribution in [1.29, 1.82) is 0 Å². The standard InChI is InChI=1S/C12H20N4O/c1-12(2,13)8-15-10-6-5-9(7-14-10)11(17)16(3)4/h5-7H,8,13H2,1-4H3,(H,14,15). The number of aromatic nitrogens is 1. The summed E-state index contributed by atoms with van der Waals surface area (Å²) in [6.45, 7) is 4.49. The summed E-state index contributed by atoms with van der Waals surface area (Å²) in [5.41, 5.74) is 6.13. The fourth-order valence-electron chi connectivity index (χ4n) is 1.20. The number of nitrogens with zero attached hydrogens (tertiary/aromatic N) is 2. The van der Waals surface area contributed by atoms with Crippen molar-refractivity contribution in [2.24, 2.45) is 5.73 Å². The van der Waals surface area contributed by atoms with E-state index >= 15 is 0 Å². The number of hydrogen-bond donors (Lipinski definition) is 2. The molecule has 5 heteroatoms. The fourth-order valence-corrected chi connectivity index (χ4v) is 1.20. The third-order valence-corrected chi connectivity index (χ3v) is 2.14. The van der Waals surface area contributed by atoms with Crippen LogP contribution in [-0.2, 0) is 0 Å². The van der Waals surface area contributed by atoms with Gasteiger partial charge in [-0.3, -0.25) is 4.79 Å². The molecule has 3 N–H and O–H groups in total. The molecular weight excluding hydrogens is 216 g/mol. The molecule has 0 aliphatic rings. The highest BCUT2D eigenvalue weighted by atomic mass is 16.2. The molecule has 0 unspecified atom stereocenters. The number of hydrogen-bond acceptors (Lipinski definition) is 4. The van der Waals surface area contributed by atoms with Gasteiger partial charge >= 0.3 is 0 Å². The van der Waals surface area contributed by atoms with Crippen LogP contribution < -0.4 is 11.1 Å². The van der Waals surface area contributed by atoms with Gasteiger partial charge in [0, 0.05) is 32.4 Å². The van der Waals surface area contributed by atoms with E-state index < -0.39 is 0 Å². The monoisotopic (exact) mass is 236 g/mol. The average Bonchev–Trinajstić information content (AvgIpc) is 2.25. The maximum absolute atomic E-state index is 11.6. The van der Waals surface area contributed by atoms with Crippen molar-refractivity contribution in [3.63, 3.8) is 0 Å². The van der Waals surface area contributed by atoms with Crippen LogP contribution in [0.5, 0.6) is 0 Å². The number of nitrogens with one attached hydrogen (secondary N) is 1. The highest BCUT2D eigenvalue weighted by Gasteiger charge is 2.11. The van der Waals surface area contributed by atoms with Gasteiger partial charge < -0.3 is 16.0 Å². The molecule has 5 nitrogen and oxygen atoms in total. The Labute approximate surface area is 102 Å². The van der Waals surface area contributed by atoms with E-state index in [1.807, 2.05) is 13.8 Å². The Morgan fingerprint density at radius 3 is 2.53 bits per heavy atom. The smallest absolute Gasteiger partial charge is 0.254 e. The van der Waals surface area contributed by atoms with Crippen LogP contribution in [0.25, 0.3) is 0 Å². The summed E-state index contributed by atoms with van der Waals surface area (Å²) in [4.78, 5) is 17.3. The minimum absolute atomic E-state index is 0.0526. The first kappa shape index (κ1) is 13.4. The quantitative estimate of drug-likeness (QED) is 0.816. The Kier molecular flexibility index (Phi) is 4.07. The molecular formula is C12H20N4O. The van der Waals surface area contributed by atoms with E-state index in [2.05, 4.69) is 10.3 Å². The summed E-state index contributed by atoms with van der Waals surface area (Å²) in [5, 5.41) is 3.12. The van der Waals surface area contributed by atoms with Crippen molar-refractivity contribution >= 4 is 11.7 Å². The van der Waals surface area contributed by atoms with Crippen LogP contribution in [0, 0.1) is 0 Å². The number of amides is 1. The number of nitrogens with two attached hydrogens (primary N) is 1. The molecule has 1 amide bonds. The van der Waals surface area contributed by atoms with Crippen LogP contribution in [0.2, 0.25) is 0 Å². The lowest BCUT2D eigenvalue weighted by atomic mass is 10.1. The second-order valence-electron chi connectivity index (χ2n) is 4.97. The molecule has 0 spiro atoms. The first-order valence-electron chi connectivity index (χ1n) is 5.50. The molecule has 1 aromatic heterocycles. The van der Waals surface area contributed by atoms with Gasteiger partial charge in [0.05, 0.1) is 5.56 Å². The molecule has 0 bridgehead atoms. The predicted molar refractivity (Wildman–Crippen MR) is 69.0 cm³/mol. The lowest BCUT2D eigenvalue weighted by molar-refractivity contribution is 0.0827. The molecule has 1 heterocycles. The molecule has 0 atom stereocenters. The second-order valence-corrected chi connectivity index (χ2v) is 4.97. The SMILES string of the molecule is CN(C)C(=O)c1ccc(NCC(C)(C)N)nc1. The third kappa shape index (κ3) is 4.40. The molecule has 0 aliphatic heterocycles. The summed E-state index contributed by atoms with van der Waals surface area (Å²) in [6.07, 6.45) is 1.56. The van der Waals surface area contributed by atoms with Crippen molar-refractivity contribution in [2.45, 2.75) is 19.4 Å². The highest BCUT2D eigenvalue weighted by molar-refractivity contribution is 5.93. The van der Waals surface area contributed by atoms with Crippen LogP contribution >= 0.6 is 0 Å². The Morgan fingerprint density at radius 2 is 2.12 bits per heavy atom. The zero-order valence-corrected chi connectivity index (χ0v) is 10.8. The molecule has 17 heavy (non-hydrogen) atoms. The number of pyridine rings is 1. The Bertz CT molecular complexity index is 378. The van der Waals surface area contributed by atoms with E-state index in [-0.39, 0.29) is 11.4 Å². The first-order chi connectivity index (χ1) is 7.79. The molecule has 0 aliphatic carbocycles. The van der Waals surface area contributed by atoms with E-state index in [9.17, 15) is 4.79 Å². The van der Waals surface area contributed by atoms with Gasteiger partial charge in [0.15, 0.2) is 0 Å². The molecule has 0 saturated heterocycles. The van der Waals surface area contributed by atoms with Gasteiger partial charge in [0.1, 0.15) is 5.82 Å². The number of carbonyl (C=O) groups is 1. The van der Waals surface area contributed by atoms with E-state index in [0.717, 1.165) is 5.82 Å². The van der Waals surface area contributed by atoms with E-state index in [1.54, 1.807) is 32.4 Å². The number of anilines is 1. The van der Waals surface area contributed by atoms with Crippen LogP contribution in [0.15, 0.2) is 18.3 Å². The summed E-state index contributed by atoms with van der Waals surface area (Å²) < 4.78 is 0. The zero-order valence-electron chi connectivity index (χ0n) is 10.8. The summed E-state index contributed by atoms with van der Waals surface area (Å²) in [5.74, 6) is 0.669. The highest BCUT2D eigenvalue weighted by Crippen LogP contribution is 2.08. The molecule has 1 rings (SSSR count). The van der Waals surface area contributed by atoms with Crippen LogP contribution in [0.4, 0.5) is 5.82 Å². The van der Waals surface area contributed by atoms with Crippen molar-refractivity contribution in [2.75, 3.05) is 26.0 Å². The topological polar surface area (TPSA) is 71.2 Å². The number of rotatable bonds is 4. The van der Waals surface area contributed by atoms with Crippen molar-refractivity contribution in [1.82, 2.24) is 9.88 Å². The van der Waals surface area contributed by atoms with E-state index in [0.29, 0.717) is 12.1 Å². The average molecular weight is 236 g/mol. The minimum atomic E-state index is -0.292. The lowest BCUT2D eigenvalue weighted by Crippen LogP contribution is -2.39. The van der Waals surface area contributed by atoms with Crippen LogP contribution in [0.1, 0.15) is 24.2 Å². The molecule has 0 aromatic carbocycles. The van der Waals surface area contributed by atoms with Gasteiger partial charge in [-0.25, -0.2) is 4.98 Å². The normalized spacial score (nSPS) is 11.1. The largest absolute Gasteiger partial charge is 0.368 e. The molecule has 1 aromatic rings. The van der Waals surface area contributed by atoms with Gasteiger partial charge in [0.25, 0.3) is 5.91 Å². The lowest BCUT2D eigenvalue weighted by Gasteiger charge is -2.19. The summed E-state index contributed by atoms with van der Waals surface area (Å²) >= 11 is 0. The maximum Gasteiger partial charge on any atom is 0.254 e. The van der Waals surface area contributed by atoms with Crippen molar-refractivity contribution in [3.8, 4) is 0 Å². The number of carbonyl (C=O) groups excluding carboxylic acids is 1. The Hall–Kier alpha value is -1.62.